The average molecular weight is 343 g/mol. The molecule has 5 nitrogen and oxygen atoms in total. The molecule has 0 aliphatic heterocycles. The van der Waals surface area contributed by atoms with Crippen LogP contribution in [0.4, 0.5) is 0 Å². The summed E-state index contributed by atoms with van der Waals surface area (Å²) >= 11 is 0. The van der Waals surface area contributed by atoms with Crippen molar-refractivity contribution in [2.24, 2.45) is 0 Å². The zero-order valence-electron chi connectivity index (χ0n) is 14.0. The number of aromatic nitrogens is 3. The molecule has 26 heavy (non-hydrogen) atoms. The lowest BCUT2D eigenvalue weighted by atomic mass is 10.0. The van der Waals surface area contributed by atoms with E-state index in [1.807, 2.05) is 6.07 Å². The van der Waals surface area contributed by atoms with Gasteiger partial charge in [-0.3, -0.25) is 4.98 Å². The number of aryl methyl sites for hydroxylation is 2. The summed E-state index contributed by atoms with van der Waals surface area (Å²) in [4.78, 5) is 23.1. The molecule has 0 amide bonds. The molecule has 4 aromatic rings. The summed E-state index contributed by atoms with van der Waals surface area (Å²) in [6.45, 7) is 0. The molecule has 5 heteroatoms. The maximum atomic E-state index is 11.1. The van der Waals surface area contributed by atoms with Crippen molar-refractivity contribution < 1.29 is 9.90 Å². The zero-order chi connectivity index (χ0) is 17.9. The molecule has 0 saturated heterocycles. The number of carboxylic acids is 1. The Morgan fingerprint density at radius 3 is 2.73 bits per heavy atom. The fourth-order valence-electron chi connectivity index (χ4n) is 3.09. The van der Waals surface area contributed by atoms with Gasteiger partial charge in [0.2, 0.25) is 0 Å². The van der Waals surface area contributed by atoms with E-state index in [0.717, 1.165) is 18.7 Å². The van der Waals surface area contributed by atoms with Gasteiger partial charge < -0.3 is 10.1 Å². The van der Waals surface area contributed by atoms with Crippen LogP contribution in [0, 0.1) is 0 Å². The van der Waals surface area contributed by atoms with Crippen LogP contribution in [-0.4, -0.2) is 26.0 Å². The minimum Gasteiger partial charge on any atom is -0.478 e. The third kappa shape index (κ3) is 3.19. The summed E-state index contributed by atoms with van der Waals surface area (Å²) in [5.41, 5.74) is 2.70. The SMILES string of the molecule is O=C(O)c1ccnc(-c2c[nH]c(CCc3cccc4ccccc34)n2)c1. The summed E-state index contributed by atoms with van der Waals surface area (Å²) in [7, 11) is 0. The standard InChI is InChI=1S/C21H17N3O2/c25-21(26)16-10-11-22-18(12-16)19-13-23-20(24-19)9-8-15-6-3-5-14-4-1-2-7-17(14)15/h1-7,10-13H,8-9H2,(H,23,24)(H,25,26). The normalized spacial score (nSPS) is 10.9. The van der Waals surface area contributed by atoms with Crippen molar-refractivity contribution in [2.45, 2.75) is 12.8 Å². The Bertz CT molecular complexity index is 1080. The number of pyridine rings is 1. The first-order chi connectivity index (χ1) is 12.7. The molecule has 0 atom stereocenters. The van der Waals surface area contributed by atoms with Crippen molar-refractivity contribution >= 4 is 16.7 Å². The van der Waals surface area contributed by atoms with Crippen molar-refractivity contribution in [3.8, 4) is 11.4 Å². The highest BCUT2D eigenvalue weighted by atomic mass is 16.4. The van der Waals surface area contributed by atoms with Gasteiger partial charge in [-0.1, -0.05) is 42.5 Å². The van der Waals surface area contributed by atoms with E-state index in [2.05, 4.69) is 51.4 Å². The number of H-pyrrole nitrogens is 1. The second-order valence-electron chi connectivity index (χ2n) is 6.11. The van der Waals surface area contributed by atoms with Crippen LogP contribution in [0.5, 0.6) is 0 Å². The highest BCUT2D eigenvalue weighted by Gasteiger charge is 2.10. The summed E-state index contributed by atoms with van der Waals surface area (Å²) in [5, 5.41) is 11.6. The molecule has 0 radical (unpaired) electrons. The molecule has 4 rings (SSSR count). The zero-order valence-corrected chi connectivity index (χ0v) is 14.0. The summed E-state index contributed by atoms with van der Waals surface area (Å²) in [6, 6.07) is 17.7. The number of hydrogen-bond donors (Lipinski definition) is 2. The van der Waals surface area contributed by atoms with Crippen molar-refractivity contribution in [3.63, 3.8) is 0 Å². The molecular formula is C21H17N3O2. The van der Waals surface area contributed by atoms with Crippen LogP contribution in [0.2, 0.25) is 0 Å². The topological polar surface area (TPSA) is 78.9 Å². The van der Waals surface area contributed by atoms with Crippen LogP contribution in [0.3, 0.4) is 0 Å². The molecule has 2 heterocycles. The largest absolute Gasteiger partial charge is 0.478 e. The van der Waals surface area contributed by atoms with E-state index in [4.69, 9.17) is 5.11 Å². The molecule has 0 saturated carbocycles. The number of imidazole rings is 1. The highest BCUT2D eigenvalue weighted by molar-refractivity contribution is 5.88. The predicted octanol–water partition coefficient (Wildman–Crippen LogP) is 4.11. The van der Waals surface area contributed by atoms with E-state index >= 15 is 0 Å². The fraction of sp³-hybridized carbons (Fsp3) is 0.0952. The van der Waals surface area contributed by atoms with Gasteiger partial charge in [0.1, 0.15) is 11.5 Å². The van der Waals surface area contributed by atoms with Gasteiger partial charge in [0.25, 0.3) is 0 Å². The third-order valence-electron chi connectivity index (χ3n) is 4.41. The first-order valence-corrected chi connectivity index (χ1v) is 8.41. The maximum Gasteiger partial charge on any atom is 0.335 e. The molecule has 0 unspecified atom stereocenters. The molecule has 2 aromatic heterocycles. The Hall–Kier alpha value is -3.47. The number of nitrogens with one attached hydrogen (secondary N) is 1. The first kappa shape index (κ1) is 16.0. The van der Waals surface area contributed by atoms with Gasteiger partial charge in [0, 0.05) is 18.8 Å². The van der Waals surface area contributed by atoms with Gasteiger partial charge in [0.15, 0.2) is 0 Å². The first-order valence-electron chi connectivity index (χ1n) is 8.41. The molecule has 0 spiro atoms. The van der Waals surface area contributed by atoms with Gasteiger partial charge in [0.05, 0.1) is 11.3 Å². The van der Waals surface area contributed by atoms with Gasteiger partial charge in [-0.2, -0.15) is 0 Å². The molecule has 2 aromatic carbocycles. The third-order valence-corrected chi connectivity index (χ3v) is 4.41. The number of rotatable bonds is 5. The molecule has 2 N–H and O–H groups in total. The molecule has 0 aliphatic rings. The number of aromatic carboxylic acids is 1. The lowest BCUT2D eigenvalue weighted by Gasteiger charge is -2.05. The van der Waals surface area contributed by atoms with Crippen LogP contribution in [0.1, 0.15) is 21.7 Å². The van der Waals surface area contributed by atoms with E-state index < -0.39 is 5.97 Å². The monoisotopic (exact) mass is 343 g/mol. The van der Waals surface area contributed by atoms with Gasteiger partial charge in [-0.15, -0.1) is 0 Å². The number of nitrogens with zero attached hydrogens (tertiary/aromatic N) is 2. The maximum absolute atomic E-state index is 11.1. The van der Waals surface area contributed by atoms with Crippen molar-refractivity contribution in [2.75, 3.05) is 0 Å². The number of fused-ring (bicyclic) bond motifs is 1. The predicted molar refractivity (Wildman–Crippen MR) is 100 cm³/mol. The number of carbonyl (C=O) groups is 1. The Balaban J connectivity index is 1.54. The minimum atomic E-state index is -0.972. The van der Waals surface area contributed by atoms with Crippen LogP contribution < -0.4 is 0 Å². The second-order valence-corrected chi connectivity index (χ2v) is 6.11. The lowest BCUT2D eigenvalue weighted by molar-refractivity contribution is 0.0697. The quantitative estimate of drug-likeness (QED) is 0.571. The Morgan fingerprint density at radius 2 is 1.85 bits per heavy atom. The van der Waals surface area contributed by atoms with Crippen molar-refractivity contribution in [3.05, 3.63) is 83.9 Å². The van der Waals surface area contributed by atoms with Gasteiger partial charge in [-0.05, 0) is 34.9 Å². The molecule has 0 aliphatic carbocycles. The van der Waals surface area contributed by atoms with Gasteiger partial charge in [-0.25, -0.2) is 9.78 Å². The smallest absolute Gasteiger partial charge is 0.335 e. The van der Waals surface area contributed by atoms with Crippen molar-refractivity contribution in [1.29, 1.82) is 0 Å². The Kier molecular flexibility index (Phi) is 4.19. The van der Waals surface area contributed by atoms with Crippen LogP contribution in [0.25, 0.3) is 22.2 Å². The number of carboxylic acid groups (broad SMARTS) is 1. The number of benzene rings is 2. The van der Waals surface area contributed by atoms with Crippen LogP contribution >= 0.6 is 0 Å². The lowest BCUT2D eigenvalue weighted by Crippen LogP contribution is -1.97. The Morgan fingerprint density at radius 1 is 1.00 bits per heavy atom. The Labute approximate surface area is 150 Å². The van der Waals surface area contributed by atoms with E-state index in [-0.39, 0.29) is 5.56 Å². The number of aromatic amines is 1. The molecule has 0 bridgehead atoms. The van der Waals surface area contributed by atoms with E-state index in [9.17, 15) is 4.79 Å². The van der Waals surface area contributed by atoms with Crippen LogP contribution in [0.15, 0.2) is 67.0 Å². The summed E-state index contributed by atoms with van der Waals surface area (Å²) < 4.78 is 0. The molecule has 128 valence electrons. The summed E-state index contributed by atoms with van der Waals surface area (Å²) in [6.07, 6.45) is 4.90. The van der Waals surface area contributed by atoms with Gasteiger partial charge >= 0.3 is 5.97 Å². The molecular weight excluding hydrogens is 326 g/mol. The average Bonchev–Trinajstić information content (AvgIpc) is 3.15. The summed E-state index contributed by atoms with van der Waals surface area (Å²) in [5.74, 6) is -0.115. The van der Waals surface area contributed by atoms with Crippen LogP contribution in [-0.2, 0) is 12.8 Å². The highest BCUT2D eigenvalue weighted by Crippen LogP contribution is 2.21. The van der Waals surface area contributed by atoms with Crippen molar-refractivity contribution in [1.82, 2.24) is 15.0 Å². The van der Waals surface area contributed by atoms with E-state index in [1.165, 1.54) is 34.7 Å². The van der Waals surface area contributed by atoms with E-state index in [1.54, 1.807) is 6.20 Å². The second kappa shape index (κ2) is 6.80. The van der Waals surface area contributed by atoms with E-state index in [0.29, 0.717) is 11.4 Å². The minimum absolute atomic E-state index is 0.204. The molecule has 0 fully saturated rings. The fourth-order valence-corrected chi connectivity index (χ4v) is 3.09. The number of hydrogen-bond acceptors (Lipinski definition) is 3.